The number of nitrogens with one attached hydrogen (secondary N) is 2. The maximum absolute atomic E-state index is 5.62. The Labute approximate surface area is 206 Å². The van der Waals surface area contributed by atoms with Gasteiger partial charge in [-0.15, -0.1) is 24.0 Å². The Hall–Kier alpha value is -0.900. The van der Waals surface area contributed by atoms with E-state index in [1.807, 2.05) is 0 Å². The van der Waals surface area contributed by atoms with Crippen LogP contribution in [0.15, 0.2) is 29.3 Å². The Balaban J connectivity index is 0.00000480. The van der Waals surface area contributed by atoms with Gasteiger partial charge in [0.1, 0.15) is 0 Å². The third kappa shape index (κ3) is 12.7. The second-order valence-corrected chi connectivity index (χ2v) is 8.02. The molecule has 6 nitrogen and oxygen atoms in total. The van der Waals surface area contributed by atoms with Crippen LogP contribution in [-0.4, -0.2) is 69.5 Å². The number of guanidine groups is 1. The van der Waals surface area contributed by atoms with Crippen LogP contribution >= 0.6 is 24.0 Å². The first-order chi connectivity index (χ1) is 14.7. The lowest BCUT2D eigenvalue weighted by molar-refractivity contribution is 0.0497. The number of piperidine rings is 1. The summed E-state index contributed by atoms with van der Waals surface area (Å²) in [5.74, 6) is 0.900. The smallest absolute Gasteiger partial charge is 0.191 e. The Morgan fingerprint density at radius 2 is 1.84 bits per heavy atom. The topological polar surface area (TPSA) is 58.1 Å². The van der Waals surface area contributed by atoms with Crippen LogP contribution in [0, 0.1) is 6.92 Å². The first kappa shape index (κ1) is 28.1. The lowest BCUT2D eigenvalue weighted by atomic mass is 10.0. The van der Waals surface area contributed by atoms with Crippen molar-refractivity contribution in [2.75, 3.05) is 52.6 Å². The quantitative estimate of drug-likeness (QED) is 0.170. The highest BCUT2D eigenvalue weighted by Gasteiger charge is 2.20. The molecule has 1 aliphatic heterocycles. The number of rotatable bonds is 13. The molecule has 2 N–H and O–H groups in total. The number of nitrogens with zero attached hydrogens (tertiary/aromatic N) is 2. The van der Waals surface area contributed by atoms with Gasteiger partial charge in [-0.3, -0.25) is 9.89 Å². The summed E-state index contributed by atoms with van der Waals surface area (Å²) in [6.07, 6.45) is 4.57. The third-order valence-corrected chi connectivity index (χ3v) is 5.28. The molecule has 1 heterocycles. The van der Waals surface area contributed by atoms with Crippen LogP contribution in [0.3, 0.4) is 0 Å². The molecular formula is C24H43IN4O2. The van der Waals surface area contributed by atoms with Crippen LogP contribution in [0.4, 0.5) is 0 Å². The molecule has 0 bridgehead atoms. The Morgan fingerprint density at radius 1 is 1.10 bits per heavy atom. The van der Waals surface area contributed by atoms with Gasteiger partial charge in [-0.1, -0.05) is 43.2 Å². The number of aliphatic imine (C=N–C) groups is 1. The van der Waals surface area contributed by atoms with Crippen molar-refractivity contribution in [3.05, 3.63) is 35.4 Å². The zero-order chi connectivity index (χ0) is 21.4. The SMILES string of the molecule is CCCCOCCOCCN=C(NCC)NC1CCN(Cc2cccc(C)c2)CC1.I. The van der Waals surface area contributed by atoms with E-state index in [2.05, 4.69) is 65.6 Å². The minimum absolute atomic E-state index is 0. The second-order valence-electron chi connectivity index (χ2n) is 8.02. The number of likely N-dealkylation sites (tertiary alicyclic amines) is 1. The van der Waals surface area contributed by atoms with Gasteiger partial charge < -0.3 is 20.1 Å². The highest BCUT2D eigenvalue weighted by Crippen LogP contribution is 2.14. The van der Waals surface area contributed by atoms with Gasteiger partial charge in [0.25, 0.3) is 0 Å². The van der Waals surface area contributed by atoms with E-state index < -0.39 is 0 Å². The number of aryl methyl sites for hydroxylation is 1. The van der Waals surface area contributed by atoms with Gasteiger partial charge in [-0.05, 0) is 38.7 Å². The monoisotopic (exact) mass is 546 g/mol. The number of hydrogen-bond acceptors (Lipinski definition) is 4. The zero-order valence-electron chi connectivity index (χ0n) is 19.7. The maximum Gasteiger partial charge on any atom is 0.191 e. The summed E-state index contributed by atoms with van der Waals surface area (Å²) in [5, 5.41) is 6.97. The van der Waals surface area contributed by atoms with Gasteiger partial charge in [-0.2, -0.15) is 0 Å². The summed E-state index contributed by atoms with van der Waals surface area (Å²) < 4.78 is 11.1. The Bertz CT molecular complexity index is 607. The molecule has 7 heteroatoms. The Morgan fingerprint density at radius 3 is 2.52 bits per heavy atom. The highest BCUT2D eigenvalue weighted by atomic mass is 127. The average molecular weight is 547 g/mol. The van der Waals surface area contributed by atoms with Crippen LogP contribution in [0.1, 0.15) is 50.7 Å². The highest BCUT2D eigenvalue weighted by molar-refractivity contribution is 14.0. The summed E-state index contributed by atoms with van der Waals surface area (Å²) in [7, 11) is 0. The molecule has 0 amide bonds. The summed E-state index contributed by atoms with van der Waals surface area (Å²) >= 11 is 0. The fraction of sp³-hybridized carbons (Fsp3) is 0.708. The molecule has 1 aromatic carbocycles. The van der Waals surface area contributed by atoms with E-state index in [-0.39, 0.29) is 24.0 Å². The van der Waals surface area contributed by atoms with Crippen LogP contribution in [0.5, 0.6) is 0 Å². The zero-order valence-corrected chi connectivity index (χ0v) is 22.0. The minimum atomic E-state index is 0. The molecule has 1 aromatic rings. The summed E-state index contributed by atoms with van der Waals surface area (Å²) in [6.45, 7) is 14.0. The van der Waals surface area contributed by atoms with Crippen LogP contribution in [-0.2, 0) is 16.0 Å². The standard InChI is InChI=1S/C24H42N4O2.HI/c1-4-6-15-29-17-18-30-16-12-26-24(25-5-2)27-23-10-13-28(14-11-23)20-22-9-7-8-21(3)19-22;/h7-9,19,23H,4-6,10-18,20H2,1-3H3,(H2,25,26,27);1H. The van der Waals surface area contributed by atoms with Crippen molar-refractivity contribution in [3.8, 4) is 0 Å². The van der Waals surface area contributed by atoms with E-state index in [1.165, 1.54) is 17.5 Å². The van der Waals surface area contributed by atoms with Crippen LogP contribution in [0.25, 0.3) is 0 Å². The normalized spacial score (nSPS) is 15.5. The minimum Gasteiger partial charge on any atom is -0.379 e. The fourth-order valence-electron chi connectivity index (χ4n) is 3.61. The van der Waals surface area contributed by atoms with Crippen LogP contribution in [0.2, 0.25) is 0 Å². The van der Waals surface area contributed by atoms with E-state index in [4.69, 9.17) is 9.47 Å². The lowest BCUT2D eigenvalue weighted by Crippen LogP contribution is -2.48. The maximum atomic E-state index is 5.62. The predicted octanol–water partition coefficient (Wildman–Crippen LogP) is 3.97. The third-order valence-electron chi connectivity index (χ3n) is 5.28. The molecule has 0 spiro atoms. The largest absolute Gasteiger partial charge is 0.379 e. The molecule has 0 radical (unpaired) electrons. The van der Waals surface area contributed by atoms with Gasteiger partial charge >= 0.3 is 0 Å². The Kier molecular flexibility index (Phi) is 16.0. The number of halogens is 1. The second kappa shape index (κ2) is 17.6. The van der Waals surface area contributed by atoms with Gasteiger partial charge in [0.2, 0.25) is 0 Å². The van der Waals surface area contributed by atoms with Crippen molar-refractivity contribution in [3.63, 3.8) is 0 Å². The van der Waals surface area contributed by atoms with E-state index in [9.17, 15) is 0 Å². The van der Waals surface area contributed by atoms with E-state index in [1.54, 1.807) is 0 Å². The van der Waals surface area contributed by atoms with Crippen molar-refractivity contribution >= 4 is 29.9 Å². The number of benzene rings is 1. The molecule has 1 saturated heterocycles. The van der Waals surface area contributed by atoms with Gasteiger partial charge in [0, 0.05) is 38.8 Å². The molecule has 178 valence electrons. The molecule has 0 unspecified atom stereocenters. The molecule has 2 rings (SSSR count). The first-order valence-corrected chi connectivity index (χ1v) is 11.7. The lowest BCUT2D eigenvalue weighted by Gasteiger charge is -2.33. The molecule has 31 heavy (non-hydrogen) atoms. The van der Waals surface area contributed by atoms with Crippen LogP contribution < -0.4 is 10.6 Å². The number of unbranched alkanes of at least 4 members (excludes halogenated alkanes) is 1. The van der Waals surface area contributed by atoms with Crippen molar-refractivity contribution in [1.29, 1.82) is 0 Å². The van der Waals surface area contributed by atoms with Gasteiger partial charge in [0.15, 0.2) is 5.96 Å². The number of hydrogen-bond donors (Lipinski definition) is 2. The summed E-state index contributed by atoms with van der Waals surface area (Å²) in [5.41, 5.74) is 2.75. The van der Waals surface area contributed by atoms with Crippen molar-refractivity contribution < 1.29 is 9.47 Å². The molecule has 0 aliphatic carbocycles. The molecule has 0 saturated carbocycles. The molecule has 0 aromatic heterocycles. The fourth-order valence-corrected chi connectivity index (χ4v) is 3.61. The molecule has 0 atom stereocenters. The van der Waals surface area contributed by atoms with Gasteiger partial charge in [0.05, 0.1) is 26.4 Å². The van der Waals surface area contributed by atoms with Crippen molar-refractivity contribution in [2.45, 2.75) is 59.0 Å². The number of ether oxygens (including phenoxy) is 2. The predicted molar refractivity (Wildman–Crippen MR) is 141 cm³/mol. The van der Waals surface area contributed by atoms with E-state index in [0.717, 1.165) is 58.0 Å². The molecular weight excluding hydrogens is 503 g/mol. The molecule has 1 fully saturated rings. The summed E-state index contributed by atoms with van der Waals surface area (Å²) in [6, 6.07) is 9.31. The van der Waals surface area contributed by atoms with E-state index in [0.29, 0.717) is 32.4 Å². The molecule has 1 aliphatic rings. The van der Waals surface area contributed by atoms with Crippen molar-refractivity contribution in [1.82, 2.24) is 15.5 Å². The van der Waals surface area contributed by atoms with Crippen molar-refractivity contribution in [2.24, 2.45) is 4.99 Å². The van der Waals surface area contributed by atoms with Gasteiger partial charge in [-0.25, -0.2) is 0 Å². The first-order valence-electron chi connectivity index (χ1n) is 11.7. The summed E-state index contributed by atoms with van der Waals surface area (Å²) in [4.78, 5) is 7.22. The van der Waals surface area contributed by atoms with E-state index >= 15 is 0 Å². The average Bonchev–Trinajstić information content (AvgIpc) is 2.74.